The molecule has 0 bridgehead atoms. The summed E-state index contributed by atoms with van der Waals surface area (Å²) in [5, 5.41) is 14.9. The van der Waals surface area contributed by atoms with Gasteiger partial charge in [0.05, 0.1) is 12.1 Å². The number of aromatic nitrogens is 1. The van der Waals surface area contributed by atoms with Crippen molar-refractivity contribution in [3.05, 3.63) is 22.9 Å². The summed E-state index contributed by atoms with van der Waals surface area (Å²) in [5.41, 5.74) is 2.20. The average Bonchev–Trinajstić information content (AvgIpc) is 3.09. The van der Waals surface area contributed by atoms with Crippen molar-refractivity contribution in [2.45, 2.75) is 32.7 Å². The second kappa shape index (κ2) is 5.05. The van der Waals surface area contributed by atoms with Gasteiger partial charge in [-0.25, -0.2) is 4.98 Å². The highest BCUT2D eigenvalue weighted by Gasteiger charge is 2.23. The summed E-state index contributed by atoms with van der Waals surface area (Å²) in [6.45, 7) is 3.88. The summed E-state index contributed by atoms with van der Waals surface area (Å²) in [6, 6.07) is 4.32. The molecule has 1 saturated carbocycles. The van der Waals surface area contributed by atoms with Crippen LogP contribution in [0.3, 0.4) is 0 Å². The molecule has 0 spiro atoms. The number of hydrogen-bond donors (Lipinski definition) is 2. The van der Waals surface area contributed by atoms with Crippen LogP contribution in [-0.2, 0) is 4.79 Å². The molecule has 94 valence electrons. The molecule has 0 radical (unpaired) electrons. The van der Waals surface area contributed by atoms with E-state index in [1.807, 2.05) is 19.9 Å². The molecular formula is C13H16N4O. The lowest BCUT2D eigenvalue weighted by Crippen LogP contribution is -2.31. The standard InChI is InChI=1S/C13H16N4O/c1-8-5-9(2)16-13(11(8)6-14)15-7-12(18)17-10-3-4-10/h5,10H,3-4,7H2,1-2H3,(H,15,16)(H,17,18). The minimum absolute atomic E-state index is 0.0534. The zero-order valence-electron chi connectivity index (χ0n) is 10.6. The zero-order chi connectivity index (χ0) is 13.1. The monoisotopic (exact) mass is 244 g/mol. The number of pyridine rings is 1. The van der Waals surface area contributed by atoms with Crippen molar-refractivity contribution in [2.24, 2.45) is 0 Å². The molecule has 1 aromatic heterocycles. The summed E-state index contributed by atoms with van der Waals surface area (Å²) >= 11 is 0. The van der Waals surface area contributed by atoms with Crippen molar-refractivity contribution in [3.63, 3.8) is 0 Å². The van der Waals surface area contributed by atoms with Crippen LogP contribution < -0.4 is 10.6 Å². The van der Waals surface area contributed by atoms with Crippen molar-refractivity contribution in [3.8, 4) is 6.07 Å². The summed E-state index contributed by atoms with van der Waals surface area (Å²) in [6.07, 6.45) is 2.13. The summed E-state index contributed by atoms with van der Waals surface area (Å²) < 4.78 is 0. The molecule has 5 heteroatoms. The lowest BCUT2D eigenvalue weighted by Gasteiger charge is -2.10. The smallest absolute Gasteiger partial charge is 0.239 e. The molecule has 1 amide bonds. The highest BCUT2D eigenvalue weighted by molar-refractivity contribution is 5.81. The summed E-state index contributed by atoms with van der Waals surface area (Å²) in [5.74, 6) is 0.434. The number of aryl methyl sites for hydroxylation is 2. The van der Waals surface area contributed by atoms with Crippen molar-refractivity contribution < 1.29 is 4.79 Å². The molecular weight excluding hydrogens is 228 g/mol. The number of anilines is 1. The molecule has 0 saturated heterocycles. The third kappa shape index (κ3) is 2.98. The first-order valence-electron chi connectivity index (χ1n) is 6.01. The van der Waals surface area contributed by atoms with Crippen LogP contribution >= 0.6 is 0 Å². The Labute approximate surface area is 106 Å². The van der Waals surface area contributed by atoms with Gasteiger partial charge in [-0.15, -0.1) is 0 Å². The number of nitrogens with zero attached hydrogens (tertiary/aromatic N) is 2. The Balaban J connectivity index is 2.03. The molecule has 0 aromatic carbocycles. The highest BCUT2D eigenvalue weighted by Crippen LogP contribution is 2.19. The summed E-state index contributed by atoms with van der Waals surface area (Å²) in [7, 11) is 0. The lowest BCUT2D eigenvalue weighted by molar-refractivity contribution is -0.119. The number of hydrogen-bond acceptors (Lipinski definition) is 4. The van der Waals surface area contributed by atoms with Crippen LogP contribution in [0.15, 0.2) is 6.07 Å². The summed E-state index contributed by atoms with van der Waals surface area (Å²) in [4.78, 5) is 15.8. The van der Waals surface area contributed by atoms with Crippen LogP contribution in [0, 0.1) is 25.2 Å². The minimum atomic E-state index is -0.0534. The van der Waals surface area contributed by atoms with E-state index in [1.54, 1.807) is 0 Å². The van der Waals surface area contributed by atoms with Crippen molar-refractivity contribution in [2.75, 3.05) is 11.9 Å². The number of nitriles is 1. The van der Waals surface area contributed by atoms with Gasteiger partial charge in [0.25, 0.3) is 0 Å². The Hall–Kier alpha value is -2.09. The second-order valence-electron chi connectivity index (χ2n) is 4.61. The van der Waals surface area contributed by atoms with Crippen LogP contribution in [0.5, 0.6) is 0 Å². The molecule has 1 aliphatic rings. The van der Waals surface area contributed by atoms with Crippen LogP contribution in [0.1, 0.15) is 29.7 Å². The van der Waals surface area contributed by atoms with Gasteiger partial charge in [-0.2, -0.15) is 5.26 Å². The third-order valence-corrected chi connectivity index (χ3v) is 2.82. The highest BCUT2D eigenvalue weighted by atomic mass is 16.2. The van der Waals surface area contributed by atoms with Crippen molar-refractivity contribution >= 4 is 11.7 Å². The van der Waals surface area contributed by atoms with E-state index in [0.717, 1.165) is 24.1 Å². The van der Waals surface area contributed by atoms with Gasteiger partial charge in [0.1, 0.15) is 11.9 Å². The van der Waals surface area contributed by atoms with E-state index in [4.69, 9.17) is 5.26 Å². The van der Waals surface area contributed by atoms with Crippen LogP contribution in [-0.4, -0.2) is 23.5 Å². The number of rotatable bonds is 4. The molecule has 2 N–H and O–H groups in total. The molecule has 0 aliphatic heterocycles. The van der Waals surface area contributed by atoms with Crippen LogP contribution in [0.25, 0.3) is 0 Å². The van der Waals surface area contributed by atoms with E-state index in [2.05, 4.69) is 21.7 Å². The molecule has 18 heavy (non-hydrogen) atoms. The van der Waals surface area contributed by atoms with Gasteiger partial charge in [0.2, 0.25) is 5.91 Å². The molecule has 1 heterocycles. The number of carbonyl (C=O) groups excluding carboxylic acids is 1. The normalized spacial score (nSPS) is 13.8. The fraction of sp³-hybridized carbons (Fsp3) is 0.462. The minimum Gasteiger partial charge on any atom is -0.360 e. The van der Waals surface area contributed by atoms with Gasteiger partial charge in [-0.05, 0) is 38.3 Å². The first-order chi connectivity index (χ1) is 8.60. The Bertz CT molecular complexity index is 514. The molecule has 2 rings (SSSR count). The maximum atomic E-state index is 11.6. The first kappa shape index (κ1) is 12.4. The van der Waals surface area contributed by atoms with Gasteiger partial charge < -0.3 is 10.6 Å². The first-order valence-corrected chi connectivity index (χ1v) is 6.01. The molecule has 0 unspecified atom stereocenters. The van der Waals surface area contributed by atoms with Gasteiger partial charge in [-0.3, -0.25) is 4.79 Å². The second-order valence-corrected chi connectivity index (χ2v) is 4.61. The maximum absolute atomic E-state index is 11.6. The molecule has 5 nitrogen and oxygen atoms in total. The predicted octanol–water partition coefficient (Wildman–Crippen LogP) is 1.26. The van der Waals surface area contributed by atoms with Gasteiger partial charge >= 0.3 is 0 Å². The van der Waals surface area contributed by atoms with Crippen LogP contribution in [0.4, 0.5) is 5.82 Å². The van der Waals surface area contributed by atoms with E-state index in [9.17, 15) is 4.79 Å². The lowest BCUT2D eigenvalue weighted by atomic mass is 10.1. The van der Waals surface area contributed by atoms with Gasteiger partial charge in [0, 0.05) is 11.7 Å². The van der Waals surface area contributed by atoms with E-state index in [0.29, 0.717) is 17.4 Å². The van der Waals surface area contributed by atoms with Gasteiger partial charge in [-0.1, -0.05) is 0 Å². The molecule has 1 fully saturated rings. The van der Waals surface area contributed by atoms with E-state index < -0.39 is 0 Å². The number of nitrogens with one attached hydrogen (secondary N) is 2. The number of amides is 1. The topological polar surface area (TPSA) is 77.8 Å². The van der Waals surface area contributed by atoms with Crippen LogP contribution in [0.2, 0.25) is 0 Å². The predicted molar refractivity (Wildman–Crippen MR) is 68.1 cm³/mol. The van der Waals surface area contributed by atoms with E-state index in [1.165, 1.54) is 0 Å². The van der Waals surface area contributed by atoms with Gasteiger partial charge in [0.15, 0.2) is 0 Å². The Morgan fingerprint density at radius 3 is 2.89 bits per heavy atom. The fourth-order valence-electron chi connectivity index (χ4n) is 1.78. The molecule has 0 atom stereocenters. The molecule has 1 aromatic rings. The largest absolute Gasteiger partial charge is 0.360 e. The average molecular weight is 244 g/mol. The maximum Gasteiger partial charge on any atom is 0.239 e. The van der Waals surface area contributed by atoms with Crippen molar-refractivity contribution in [1.29, 1.82) is 5.26 Å². The zero-order valence-corrected chi connectivity index (χ0v) is 10.6. The quantitative estimate of drug-likeness (QED) is 0.835. The van der Waals surface area contributed by atoms with Crippen molar-refractivity contribution in [1.82, 2.24) is 10.3 Å². The third-order valence-electron chi connectivity index (χ3n) is 2.82. The van der Waals surface area contributed by atoms with E-state index in [-0.39, 0.29) is 12.5 Å². The SMILES string of the molecule is Cc1cc(C)c(C#N)c(NCC(=O)NC2CC2)n1. The number of carbonyl (C=O) groups is 1. The Kier molecular flexibility index (Phi) is 3.47. The molecule has 1 aliphatic carbocycles. The Morgan fingerprint density at radius 2 is 2.28 bits per heavy atom. The van der Waals surface area contributed by atoms with E-state index >= 15 is 0 Å². The Morgan fingerprint density at radius 1 is 1.56 bits per heavy atom. The fourth-order valence-corrected chi connectivity index (χ4v) is 1.78.